The van der Waals surface area contributed by atoms with Crippen molar-refractivity contribution in [1.29, 1.82) is 0 Å². The normalized spacial score (nSPS) is 25.5. The van der Waals surface area contributed by atoms with Gasteiger partial charge in [0.15, 0.2) is 0 Å². The van der Waals surface area contributed by atoms with E-state index in [-0.39, 0.29) is 4.08 Å². The zero-order valence-electron chi connectivity index (χ0n) is 11.4. The number of aromatic carboxylic acids is 1. The summed E-state index contributed by atoms with van der Waals surface area (Å²) in [5, 5.41) is 9.17. The molecule has 1 saturated carbocycles. The molecule has 0 amide bonds. The van der Waals surface area contributed by atoms with E-state index in [9.17, 15) is 9.90 Å². The fourth-order valence-electron chi connectivity index (χ4n) is 3.20. The molecule has 3 rings (SSSR count). The van der Waals surface area contributed by atoms with Crippen molar-refractivity contribution in [2.45, 2.75) is 42.1 Å². The molecule has 0 unspecified atom stereocenters. The number of carboxylic acids is 1. The Kier molecular flexibility index (Phi) is 4.26. The first-order valence-corrected chi connectivity index (χ1v) is 9.15. The summed E-state index contributed by atoms with van der Waals surface area (Å²) in [7, 11) is 0. The summed E-state index contributed by atoms with van der Waals surface area (Å²) in [4.78, 5) is 15.7. The van der Waals surface area contributed by atoms with Crippen LogP contribution in [0.25, 0.3) is 0 Å². The van der Waals surface area contributed by atoms with Gasteiger partial charge in [0.2, 0.25) is 0 Å². The molecule has 2 aliphatic rings. The zero-order valence-corrected chi connectivity index (χ0v) is 13.0. The molecule has 0 bridgehead atoms. The minimum Gasteiger partial charge on any atom is -0.478 e. The molecule has 2 heterocycles. The van der Waals surface area contributed by atoms with Crippen molar-refractivity contribution in [3.8, 4) is 0 Å². The van der Waals surface area contributed by atoms with Crippen LogP contribution in [0.15, 0.2) is 18.3 Å². The van der Waals surface area contributed by atoms with Gasteiger partial charge in [0.25, 0.3) is 0 Å². The van der Waals surface area contributed by atoms with Crippen LogP contribution < -0.4 is 0 Å². The highest BCUT2D eigenvalue weighted by Gasteiger charge is 2.44. The molecule has 0 radical (unpaired) electrons. The van der Waals surface area contributed by atoms with Gasteiger partial charge in [-0.3, -0.25) is 4.98 Å². The van der Waals surface area contributed by atoms with Crippen molar-refractivity contribution in [2.75, 3.05) is 11.5 Å². The first-order valence-electron chi connectivity index (χ1n) is 7.18. The van der Waals surface area contributed by atoms with E-state index in [1.54, 1.807) is 18.3 Å². The molecule has 1 atom stereocenters. The Balaban J connectivity index is 1.93. The molecular formula is C15H19NO2S2. The third-order valence-corrected chi connectivity index (χ3v) is 7.81. The van der Waals surface area contributed by atoms with E-state index >= 15 is 0 Å². The van der Waals surface area contributed by atoms with E-state index in [2.05, 4.69) is 28.5 Å². The lowest BCUT2D eigenvalue weighted by molar-refractivity contribution is 0.0696. The van der Waals surface area contributed by atoms with E-state index in [1.165, 1.54) is 37.2 Å². The number of hydrogen-bond acceptors (Lipinski definition) is 4. The Labute approximate surface area is 127 Å². The van der Waals surface area contributed by atoms with Crippen LogP contribution in [-0.4, -0.2) is 31.6 Å². The van der Waals surface area contributed by atoms with Crippen molar-refractivity contribution >= 4 is 29.5 Å². The van der Waals surface area contributed by atoms with Crippen molar-refractivity contribution in [3.05, 3.63) is 29.6 Å². The van der Waals surface area contributed by atoms with Crippen LogP contribution in [0.5, 0.6) is 0 Å². The lowest BCUT2D eigenvalue weighted by atomic mass is 9.85. The molecule has 1 aromatic heterocycles. The summed E-state index contributed by atoms with van der Waals surface area (Å²) < 4.78 is 0.237. The summed E-state index contributed by atoms with van der Waals surface area (Å²) in [6.07, 6.45) is 7.81. The first kappa shape index (κ1) is 14.3. The second-order valence-electron chi connectivity index (χ2n) is 5.44. The van der Waals surface area contributed by atoms with E-state index in [4.69, 9.17) is 0 Å². The molecule has 1 aromatic rings. The molecule has 1 aliphatic carbocycles. The number of hydrogen-bond donors (Lipinski definition) is 1. The predicted molar refractivity (Wildman–Crippen MR) is 84.7 cm³/mol. The highest BCUT2D eigenvalue weighted by Crippen LogP contribution is 2.57. The Morgan fingerprint density at radius 2 is 2.10 bits per heavy atom. The number of thioether (sulfide) groups is 2. The van der Waals surface area contributed by atoms with Gasteiger partial charge < -0.3 is 5.11 Å². The summed E-state index contributed by atoms with van der Waals surface area (Å²) in [6.45, 7) is 0. The van der Waals surface area contributed by atoms with Gasteiger partial charge in [-0.1, -0.05) is 12.8 Å². The molecule has 5 heteroatoms. The largest absolute Gasteiger partial charge is 0.478 e. The third-order valence-electron chi connectivity index (χ3n) is 4.17. The van der Waals surface area contributed by atoms with Gasteiger partial charge >= 0.3 is 5.97 Å². The van der Waals surface area contributed by atoms with Gasteiger partial charge in [0, 0.05) is 17.8 Å². The average molecular weight is 309 g/mol. The van der Waals surface area contributed by atoms with Crippen LogP contribution >= 0.6 is 23.5 Å². The Hall–Kier alpha value is -0.680. The minimum atomic E-state index is -0.859. The molecule has 20 heavy (non-hydrogen) atoms. The first-order chi connectivity index (χ1) is 9.71. The smallest absolute Gasteiger partial charge is 0.335 e. The third kappa shape index (κ3) is 2.70. The van der Waals surface area contributed by atoms with Gasteiger partial charge in [0.05, 0.1) is 9.64 Å². The highest BCUT2D eigenvalue weighted by molar-refractivity contribution is 8.18. The SMILES string of the molecule is O=C(O)c1ccnc([C@@H]2CCCCC23SCCCS3)c1. The predicted octanol–water partition coefficient (Wildman–Crippen LogP) is 4.00. The summed E-state index contributed by atoms with van der Waals surface area (Å²) in [6, 6.07) is 3.37. The molecule has 2 fully saturated rings. The van der Waals surface area contributed by atoms with Crippen LogP contribution in [0, 0.1) is 0 Å². The second kappa shape index (κ2) is 5.98. The maximum absolute atomic E-state index is 11.2. The van der Waals surface area contributed by atoms with Crippen molar-refractivity contribution in [3.63, 3.8) is 0 Å². The van der Waals surface area contributed by atoms with Gasteiger partial charge in [-0.05, 0) is 42.9 Å². The van der Waals surface area contributed by atoms with Gasteiger partial charge in [-0.15, -0.1) is 23.5 Å². The quantitative estimate of drug-likeness (QED) is 0.894. The molecule has 1 N–H and O–H groups in total. The van der Waals surface area contributed by atoms with Crippen LogP contribution in [0.4, 0.5) is 0 Å². The minimum absolute atomic E-state index is 0.237. The maximum Gasteiger partial charge on any atom is 0.335 e. The van der Waals surface area contributed by atoms with Crippen LogP contribution in [-0.2, 0) is 0 Å². The standard InChI is InChI=1S/C15H19NO2S2/c17-14(18)11-5-7-16-13(10-11)12-4-1-2-6-15(12)19-8-3-9-20-15/h5,7,10,12H,1-4,6,8-9H2,(H,17,18)/t12-/m0/s1. The van der Waals surface area contributed by atoms with Crippen molar-refractivity contribution < 1.29 is 9.90 Å². The Morgan fingerprint density at radius 1 is 1.30 bits per heavy atom. The number of carbonyl (C=O) groups is 1. The second-order valence-corrected chi connectivity index (χ2v) is 8.54. The van der Waals surface area contributed by atoms with Crippen molar-refractivity contribution in [1.82, 2.24) is 4.98 Å². The Bertz CT molecular complexity index is 492. The van der Waals surface area contributed by atoms with E-state index < -0.39 is 5.97 Å². The van der Waals surface area contributed by atoms with E-state index in [1.807, 2.05) is 0 Å². The summed E-state index contributed by atoms with van der Waals surface area (Å²) in [5.41, 5.74) is 1.34. The number of pyridine rings is 1. The van der Waals surface area contributed by atoms with Crippen LogP contribution in [0.1, 0.15) is 54.1 Å². The van der Waals surface area contributed by atoms with Gasteiger partial charge in [-0.25, -0.2) is 4.79 Å². The van der Waals surface area contributed by atoms with Crippen LogP contribution in [0.2, 0.25) is 0 Å². The Morgan fingerprint density at radius 3 is 2.85 bits per heavy atom. The highest BCUT2D eigenvalue weighted by atomic mass is 32.2. The van der Waals surface area contributed by atoms with E-state index in [0.29, 0.717) is 11.5 Å². The zero-order chi connectivity index (χ0) is 14.0. The van der Waals surface area contributed by atoms with Gasteiger partial charge in [-0.2, -0.15) is 0 Å². The number of rotatable bonds is 2. The summed E-state index contributed by atoms with van der Waals surface area (Å²) >= 11 is 4.16. The van der Waals surface area contributed by atoms with Crippen LogP contribution in [0.3, 0.4) is 0 Å². The molecule has 0 aromatic carbocycles. The topological polar surface area (TPSA) is 50.2 Å². The lowest BCUT2D eigenvalue weighted by Crippen LogP contribution is -2.36. The molecule has 3 nitrogen and oxygen atoms in total. The monoisotopic (exact) mass is 309 g/mol. The molecule has 1 aliphatic heterocycles. The molecular weight excluding hydrogens is 290 g/mol. The number of aromatic nitrogens is 1. The number of carboxylic acid groups (broad SMARTS) is 1. The average Bonchev–Trinajstić information content (AvgIpc) is 2.49. The van der Waals surface area contributed by atoms with Crippen molar-refractivity contribution in [2.24, 2.45) is 0 Å². The molecule has 108 valence electrons. The summed E-state index contributed by atoms with van der Waals surface area (Å²) in [5.74, 6) is 1.98. The molecule has 1 saturated heterocycles. The lowest BCUT2D eigenvalue weighted by Gasteiger charge is -2.45. The fraction of sp³-hybridized carbons (Fsp3) is 0.600. The van der Waals surface area contributed by atoms with Gasteiger partial charge in [0.1, 0.15) is 0 Å². The molecule has 1 spiro atoms. The number of nitrogens with zero attached hydrogens (tertiary/aromatic N) is 1. The maximum atomic E-state index is 11.2. The van der Waals surface area contributed by atoms with E-state index in [0.717, 1.165) is 12.1 Å². The fourth-order valence-corrected chi connectivity index (χ4v) is 6.94.